The fraction of sp³-hybridized carbons (Fsp3) is 0.724. The number of nitrogens with one attached hydrogen (secondary N) is 1. The molecule has 3 unspecified atom stereocenters. The number of allylic oxidation sites excluding steroid dienone is 14. The molecule has 0 heterocycles. The summed E-state index contributed by atoms with van der Waals surface area (Å²) in [6.45, 7) is 6.34. The second-order valence-corrected chi connectivity index (χ2v) is 17.9. The first-order valence-corrected chi connectivity index (χ1v) is 26.8. The molecule has 0 rings (SSSR count). The van der Waals surface area contributed by atoms with Crippen LogP contribution in [0.15, 0.2) is 85.1 Å². The zero-order valence-electron chi connectivity index (χ0n) is 41.9. The van der Waals surface area contributed by atoms with Crippen molar-refractivity contribution in [2.24, 2.45) is 0 Å². The fourth-order valence-electron chi connectivity index (χ4n) is 7.69. The van der Waals surface area contributed by atoms with Gasteiger partial charge in [0, 0.05) is 6.42 Å². The van der Waals surface area contributed by atoms with Crippen molar-refractivity contribution in [2.45, 2.75) is 264 Å². The van der Waals surface area contributed by atoms with Crippen molar-refractivity contribution >= 4 is 11.9 Å². The molecule has 0 saturated heterocycles. The molecule has 0 saturated carbocycles. The average molecular weight is 892 g/mol. The second-order valence-electron chi connectivity index (χ2n) is 17.9. The minimum absolute atomic E-state index is 0.0335. The molecule has 6 heteroatoms. The molecular formula is C58H101NO5. The van der Waals surface area contributed by atoms with E-state index < -0.39 is 18.2 Å². The van der Waals surface area contributed by atoms with Crippen LogP contribution in [0.2, 0.25) is 0 Å². The summed E-state index contributed by atoms with van der Waals surface area (Å²) in [6.07, 6.45) is 66.6. The van der Waals surface area contributed by atoms with Gasteiger partial charge in [0.2, 0.25) is 5.91 Å². The van der Waals surface area contributed by atoms with Gasteiger partial charge in [-0.3, -0.25) is 9.59 Å². The van der Waals surface area contributed by atoms with E-state index in [4.69, 9.17) is 4.74 Å². The number of carbonyl (C=O) groups is 2. The summed E-state index contributed by atoms with van der Waals surface area (Å²) in [5.41, 5.74) is 0. The van der Waals surface area contributed by atoms with Crippen molar-refractivity contribution in [1.82, 2.24) is 5.32 Å². The Balaban J connectivity index is 4.72. The van der Waals surface area contributed by atoms with Crippen LogP contribution in [0.3, 0.4) is 0 Å². The summed E-state index contributed by atoms with van der Waals surface area (Å²) in [4.78, 5) is 26.1. The quantitative estimate of drug-likeness (QED) is 0.0321. The van der Waals surface area contributed by atoms with Crippen molar-refractivity contribution in [3.63, 3.8) is 0 Å². The lowest BCUT2D eigenvalue weighted by Crippen LogP contribution is -2.46. The smallest absolute Gasteiger partial charge is 0.306 e. The lowest BCUT2D eigenvalue weighted by Gasteiger charge is -2.24. The number of aliphatic hydroxyl groups excluding tert-OH is 2. The maximum absolute atomic E-state index is 13.2. The highest BCUT2D eigenvalue weighted by Crippen LogP contribution is 2.17. The third-order valence-corrected chi connectivity index (χ3v) is 11.7. The van der Waals surface area contributed by atoms with Crippen LogP contribution >= 0.6 is 0 Å². The van der Waals surface area contributed by atoms with Gasteiger partial charge in [0.15, 0.2) is 0 Å². The number of aliphatic hydroxyl groups is 2. The molecule has 3 N–H and O–H groups in total. The largest absolute Gasteiger partial charge is 0.462 e. The molecule has 0 aliphatic rings. The summed E-state index contributed by atoms with van der Waals surface area (Å²) >= 11 is 0. The van der Waals surface area contributed by atoms with E-state index >= 15 is 0 Å². The predicted molar refractivity (Wildman–Crippen MR) is 278 cm³/mol. The van der Waals surface area contributed by atoms with Gasteiger partial charge in [-0.1, -0.05) is 228 Å². The number of hydrogen-bond donors (Lipinski definition) is 3. The number of amides is 1. The molecule has 0 bridgehead atoms. The molecule has 0 aromatic rings. The molecule has 0 aromatic carbocycles. The van der Waals surface area contributed by atoms with Gasteiger partial charge < -0.3 is 20.3 Å². The molecule has 0 aromatic heterocycles. The number of ether oxygens (including phenoxy) is 1. The predicted octanol–water partition coefficient (Wildman–Crippen LogP) is 16.3. The number of hydrogen-bond acceptors (Lipinski definition) is 5. The van der Waals surface area contributed by atoms with Crippen LogP contribution in [0.1, 0.15) is 245 Å². The van der Waals surface area contributed by atoms with Crippen molar-refractivity contribution in [3.05, 3.63) is 85.1 Å². The molecule has 0 fully saturated rings. The average Bonchev–Trinajstić information content (AvgIpc) is 3.29. The number of unbranched alkanes of at least 4 members (excludes halogenated alkanes) is 21. The van der Waals surface area contributed by atoms with Crippen molar-refractivity contribution < 1.29 is 24.5 Å². The standard InChI is InChI=1S/C58H101NO5/c1-4-7-10-13-16-19-22-24-26-28-29-30-32-34-36-39-42-45-48-51-58(63)64-54(49-46-43-40-37-35-33-31-27-25-23-20-17-14-11-8-5-2)52-57(62)59-55(53-60)56(61)50-47-44-41-38-21-18-15-12-9-6-3/h7,10,16,19,24,26,29-30,33-36,42,45,54-56,60-61H,4-6,8-9,11-15,17-18,20-23,25,27-28,31-32,37-41,43-44,46-53H2,1-3H3,(H,59,62)/b10-7-,19-16-,26-24-,30-29-,35-33+,36-34-,45-42-. The van der Waals surface area contributed by atoms with Gasteiger partial charge in [-0.25, -0.2) is 0 Å². The van der Waals surface area contributed by atoms with E-state index in [1.165, 1.54) is 103 Å². The van der Waals surface area contributed by atoms with Gasteiger partial charge in [0.25, 0.3) is 0 Å². The number of rotatable bonds is 47. The minimum atomic E-state index is -0.807. The molecule has 368 valence electrons. The van der Waals surface area contributed by atoms with E-state index in [0.717, 1.165) is 89.9 Å². The Morgan fingerprint density at radius 3 is 1.30 bits per heavy atom. The Kier molecular flexibility index (Phi) is 48.7. The Bertz CT molecular complexity index is 1230. The van der Waals surface area contributed by atoms with E-state index in [2.05, 4.69) is 105 Å². The first kappa shape index (κ1) is 61.0. The van der Waals surface area contributed by atoms with Crippen molar-refractivity contribution in [3.8, 4) is 0 Å². The Morgan fingerprint density at radius 1 is 0.469 bits per heavy atom. The van der Waals surface area contributed by atoms with Gasteiger partial charge in [0.1, 0.15) is 6.10 Å². The van der Waals surface area contributed by atoms with E-state index in [0.29, 0.717) is 19.3 Å². The van der Waals surface area contributed by atoms with Crippen molar-refractivity contribution in [1.29, 1.82) is 0 Å². The van der Waals surface area contributed by atoms with Crippen LogP contribution in [0.25, 0.3) is 0 Å². The van der Waals surface area contributed by atoms with E-state index in [1.54, 1.807) is 0 Å². The van der Waals surface area contributed by atoms with Crippen LogP contribution in [0, 0.1) is 0 Å². The summed E-state index contributed by atoms with van der Waals surface area (Å²) in [5.74, 6) is -0.591. The van der Waals surface area contributed by atoms with Crippen LogP contribution in [-0.2, 0) is 14.3 Å². The van der Waals surface area contributed by atoms with Crippen LogP contribution in [-0.4, -0.2) is 46.9 Å². The topological polar surface area (TPSA) is 95.9 Å². The number of esters is 1. The highest BCUT2D eigenvalue weighted by atomic mass is 16.5. The van der Waals surface area contributed by atoms with Crippen molar-refractivity contribution in [2.75, 3.05) is 6.61 Å². The number of carbonyl (C=O) groups excluding carboxylic acids is 2. The van der Waals surface area contributed by atoms with Gasteiger partial charge in [-0.2, -0.15) is 0 Å². The summed E-state index contributed by atoms with van der Waals surface area (Å²) in [7, 11) is 0. The first-order chi connectivity index (χ1) is 31.5. The molecule has 0 radical (unpaired) electrons. The minimum Gasteiger partial charge on any atom is -0.462 e. The monoisotopic (exact) mass is 892 g/mol. The van der Waals surface area contributed by atoms with Gasteiger partial charge >= 0.3 is 5.97 Å². The van der Waals surface area contributed by atoms with E-state index in [-0.39, 0.29) is 31.3 Å². The SMILES string of the molecule is CC/C=C\C/C=C\C/C=C\C/C=C\C/C=C\C/C=C\CCC(=O)OC(CCCCC/C=C/CCCCCCCCCCC)CC(=O)NC(CO)C(O)CCCCCCCCCCCC. The van der Waals surface area contributed by atoms with E-state index in [1.807, 2.05) is 6.08 Å². The summed E-state index contributed by atoms with van der Waals surface area (Å²) in [6, 6.07) is -0.724. The molecule has 0 aliphatic carbocycles. The van der Waals surface area contributed by atoms with Gasteiger partial charge in [-0.15, -0.1) is 0 Å². The third kappa shape index (κ3) is 45.6. The van der Waals surface area contributed by atoms with E-state index in [9.17, 15) is 19.8 Å². The van der Waals surface area contributed by atoms with Crippen LogP contribution < -0.4 is 5.32 Å². The molecule has 3 atom stereocenters. The normalized spacial score (nSPS) is 13.9. The van der Waals surface area contributed by atoms with Gasteiger partial charge in [-0.05, 0) is 89.9 Å². The Labute approximate surface area is 395 Å². The van der Waals surface area contributed by atoms with Crippen LogP contribution in [0.5, 0.6) is 0 Å². The fourth-order valence-corrected chi connectivity index (χ4v) is 7.69. The van der Waals surface area contributed by atoms with Gasteiger partial charge in [0.05, 0.1) is 25.2 Å². The molecule has 0 spiro atoms. The molecule has 6 nitrogen and oxygen atoms in total. The maximum Gasteiger partial charge on any atom is 0.306 e. The molecule has 1 amide bonds. The Morgan fingerprint density at radius 2 is 0.844 bits per heavy atom. The molecule has 64 heavy (non-hydrogen) atoms. The zero-order chi connectivity index (χ0) is 46.7. The zero-order valence-corrected chi connectivity index (χ0v) is 41.9. The lowest BCUT2D eigenvalue weighted by molar-refractivity contribution is -0.150. The van der Waals surface area contributed by atoms with Crippen LogP contribution in [0.4, 0.5) is 0 Å². The third-order valence-electron chi connectivity index (χ3n) is 11.7. The summed E-state index contributed by atoms with van der Waals surface area (Å²) < 4.78 is 5.89. The Hall–Kier alpha value is -2.96. The maximum atomic E-state index is 13.2. The highest BCUT2D eigenvalue weighted by Gasteiger charge is 2.24. The lowest BCUT2D eigenvalue weighted by atomic mass is 10.0. The highest BCUT2D eigenvalue weighted by molar-refractivity contribution is 5.77. The first-order valence-electron chi connectivity index (χ1n) is 26.8. The second kappa shape index (κ2) is 51.0. The molecule has 0 aliphatic heterocycles. The molecular weight excluding hydrogens is 791 g/mol. The summed E-state index contributed by atoms with van der Waals surface area (Å²) in [5, 5.41) is 23.7.